The van der Waals surface area contributed by atoms with E-state index in [2.05, 4.69) is 91.3 Å². The van der Waals surface area contributed by atoms with Gasteiger partial charge in [0, 0.05) is 4.83 Å². The van der Waals surface area contributed by atoms with Crippen LogP contribution < -0.4 is 0 Å². The number of alkyl halides is 1. The van der Waals surface area contributed by atoms with E-state index in [-0.39, 0.29) is 0 Å². The van der Waals surface area contributed by atoms with Crippen molar-refractivity contribution >= 4 is 15.9 Å². The lowest BCUT2D eigenvalue weighted by Gasteiger charge is -2.19. The Labute approximate surface area is 131 Å². The Morgan fingerprint density at radius 1 is 0.800 bits per heavy atom. The first kappa shape index (κ1) is 15.3. The molecule has 0 aliphatic rings. The number of benzene rings is 2. The molecule has 0 aliphatic heterocycles. The van der Waals surface area contributed by atoms with Crippen molar-refractivity contribution in [3.8, 4) is 0 Å². The summed E-state index contributed by atoms with van der Waals surface area (Å²) in [6.45, 7) is 6.80. The second-order valence-electron chi connectivity index (χ2n) is 5.94. The van der Waals surface area contributed by atoms with Crippen molar-refractivity contribution in [1.29, 1.82) is 0 Å². The Bertz CT molecular complexity index is 513. The maximum Gasteiger partial charge on any atom is 0.0461 e. The molecular formula is C19H23Br. The van der Waals surface area contributed by atoms with Gasteiger partial charge >= 0.3 is 0 Å². The molecule has 2 rings (SSSR count). The number of rotatable bonds is 5. The predicted octanol–water partition coefficient (Wildman–Crippen LogP) is 6.12. The molecule has 2 unspecified atom stereocenters. The molecule has 2 atom stereocenters. The number of hydrogen-bond acceptors (Lipinski definition) is 0. The molecule has 20 heavy (non-hydrogen) atoms. The monoisotopic (exact) mass is 330 g/mol. The summed E-state index contributed by atoms with van der Waals surface area (Å²) in [7, 11) is 0. The molecule has 0 radical (unpaired) electrons. The number of hydrogen-bond donors (Lipinski definition) is 0. The van der Waals surface area contributed by atoms with Gasteiger partial charge in [0.05, 0.1) is 0 Å². The molecule has 0 nitrogen and oxygen atoms in total. The van der Waals surface area contributed by atoms with Crippen molar-refractivity contribution in [2.45, 2.75) is 37.9 Å². The van der Waals surface area contributed by atoms with E-state index >= 15 is 0 Å². The number of halogens is 1. The van der Waals surface area contributed by atoms with Gasteiger partial charge in [-0.25, -0.2) is 0 Å². The Kier molecular flexibility index (Phi) is 5.42. The average molecular weight is 331 g/mol. The van der Waals surface area contributed by atoms with Crippen molar-refractivity contribution in [3.63, 3.8) is 0 Å². The summed E-state index contributed by atoms with van der Waals surface area (Å²) in [6, 6.07) is 19.7. The highest BCUT2D eigenvalue weighted by molar-refractivity contribution is 9.09. The largest absolute Gasteiger partial charge is 0.0832 e. The highest BCUT2D eigenvalue weighted by Crippen LogP contribution is 2.37. The highest BCUT2D eigenvalue weighted by Gasteiger charge is 2.17. The molecule has 0 saturated carbocycles. The molecule has 0 saturated heterocycles. The van der Waals surface area contributed by atoms with Crippen LogP contribution in [0.15, 0.2) is 54.6 Å². The SMILES string of the molecule is CC(C)Cc1ccc(C(Br)C(C)c2ccccc2)cc1. The van der Waals surface area contributed by atoms with Crippen LogP contribution in [-0.4, -0.2) is 0 Å². The Balaban J connectivity index is 2.11. The lowest BCUT2D eigenvalue weighted by atomic mass is 9.92. The molecule has 1 heteroatoms. The van der Waals surface area contributed by atoms with E-state index in [4.69, 9.17) is 0 Å². The fourth-order valence-corrected chi connectivity index (χ4v) is 3.13. The van der Waals surface area contributed by atoms with Gasteiger partial charge in [0.15, 0.2) is 0 Å². The maximum absolute atomic E-state index is 3.86. The van der Waals surface area contributed by atoms with Crippen LogP contribution in [0.3, 0.4) is 0 Å². The molecule has 2 aromatic rings. The smallest absolute Gasteiger partial charge is 0.0461 e. The standard InChI is InChI=1S/C19H23Br/c1-14(2)13-16-9-11-18(12-10-16)19(20)15(3)17-7-5-4-6-8-17/h4-12,14-15,19H,13H2,1-3H3. The summed E-state index contributed by atoms with van der Waals surface area (Å²) in [5.41, 5.74) is 4.16. The van der Waals surface area contributed by atoms with E-state index in [1.54, 1.807) is 0 Å². The second-order valence-corrected chi connectivity index (χ2v) is 6.93. The van der Waals surface area contributed by atoms with Crippen molar-refractivity contribution < 1.29 is 0 Å². The minimum atomic E-state index is 0.359. The predicted molar refractivity (Wildman–Crippen MR) is 91.5 cm³/mol. The van der Waals surface area contributed by atoms with Crippen molar-refractivity contribution in [2.24, 2.45) is 5.92 Å². The Morgan fingerprint density at radius 3 is 1.95 bits per heavy atom. The summed E-state index contributed by atoms with van der Waals surface area (Å²) in [5, 5.41) is 0. The van der Waals surface area contributed by atoms with Gasteiger partial charge in [0.2, 0.25) is 0 Å². The van der Waals surface area contributed by atoms with Crippen molar-refractivity contribution in [2.75, 3.05) is 0 Å². The van der Waals surface area contributed by atoms with Crippen molar-refractivity contribution in [3.05, 3.63) is 71.3 Å². The topological polar surface area (TPSA) is 0 Å². The van der Waals surface area contributed by atoms with Gasteiger partial charge < -0.3 is 0 Å². The fraction of sp³-hybridized carbons (Fsp3) is 0.368. The van der Waals surface area contributed by atoms with E-state index in [1.165, 1.54) is 16.7 Å². The minimum Gasteiger partial charge on any atom is -0.0832 e. The lowest BCUT2D eigenvalue weighted by Crippen LogP contribution is -2.02. The first-order valence-electron chi connectivity index (χ1n) is 7.35. The van der Waals surface area contributed by atoms with Gasteiger partial charge in [-0.3, -0.25) is 0 Å². The van der Waals surface area contributed by atoms with Crippen LogP contribution >= 0.6 is 15.9 Å². The molecule has 0 heterocycles. The first-order valence-corrected chi connectivity index (χ1v) is 8.27. The van der Waals surface area contributed by atoms with E-state index in [1.807, 2.05) is 0 Å². The average Bonchev–Trinajstić information content (AvgIpc) is 2.47. The van der Waals surface area contributed by atoms with E-state index in [9.17, 15) is 0 Å². The Morgan fingerprint density at radius 2 is 1.40 bits per heavy atom. The third kappa shape index (κ3) is 3.96. The molecule has 0 amide bonds. The van der Waals surface area contributed by atoms with Gasteiger partial charge in [0.1, 0.15) is 0 Å². The zero-order chi connectivity index (χ0) is 14.5. The van der Waals surface area contributed by atoms with Gasteiger partial charge in [-0.05, 0) is 34.9 Å². The molecule has 0 aromatic heterocycles. The van der Waals surface area contributed by atoms with Crippen LogP contribution in [0.4, 0.5) is 0 Å². The first-order chi connectivity index (χ1) is 9.58. The van der Waals surface area contributed by atoms with Gasteiger partial charge in [0.25, 0.3) is 0 Å². The lowest BCUT2D eigenvalue weighted by molar-refractivity contribution is 0.647. The van der Waals surface area contributed by atoms with Crippen LogP contribution in [0.1, 0.15) is 48.2 Å². The summed E-state index contributed by atoms with van der Waals surface area (Å²) in [5.74, 6) is 1.18. The quantitative estimate of drug-likeness (QED) is 0.579. The van der Waals surface area contributed by atoms with Crippen LogP contribution in [0, 0.1) is 5.92 Å². The summed E-state index contributed by atoms with van der Waals surface area (Å²) in [4.78, 5) is 0.359. The molecule has 0 N–H and O–H groups in total. The highest BCUT2D eigenvalue weighted by atomic mass is 79.9. The second kappa shape index (κ2) is 7.08. The van der Waals surface area contributed by atoms with E-state index in [0.29, 0.717) is 16.7 Å². The van der Waals surface area contributed by atoms with E-state index < -0.39 is 0 Å². The molecule has 0 spiro atoms. The molecule has 0 fully saturated rings. The van der Waals surface area contributed by atoms with Crippen LogP contribution in [-0.2, 0) is 6.42 Å². The molecule has 106 valence electrons. The Hall–Kier alpha value is -1.08. The van der Waals surface area contributed by atoms with Gasteiger partial charge in [-0.1, -0.05) is 91.3 Å². The van der Waals surface area contributed by atoms with Crippen LogP contribution in [0.2, 0.25) is 0 Å². The molecular weight excluding hydrogens is 308 g/mol. The minimum absolute atomic E-state index is 0.359. The fourth-order valence-electron chi connectivity index (χ4n) is 2.52. The molecule has 0 aliphatic carbocycles. The molecule has 0 bridgehead atoms. The summed E-state index contributed by atoms with van der Waals surface area (Å²) in [6.07, 6.45) is 1.15. The normalized spacial score (nSPS) is 14.2. The maximum atomic E-state index is 3.86. The van der Waals surface area contributed by atoms with Crippen LogP contribution in [0.5, 0.6) is 0 Å². The third-order valence-electron chi connectivity index (χ3n) is 3.71. The molecule has 2 aromatic carbocycles. The van der Waals surface area contributed by atoms with Crippen LogP contribution in [0.25, 0.3) is 0 Å². The van der Waals surface area contributed by atoms with Crippen molar-refractivity contribution in [1.82, 2.24) is 0 Å². The van der Waals surface area contributed by atoms with Gasteiger partial charge in [-0.2, -0.15) is 0 Å². The zero-order valence-electron chi connectivity index (χ0n) is 12.5. The van der Waals surface area contributed by atoms with E-state index in [0.717, 1.165) is 6.42 Å². The van der Waals surface area contributed by atoms with Gasteiger partial charge in [-0.15, -0.1) is 0 Å². The summed E-state index contributed by atoms with van der Waals surface area (Å²) >= 11 is 3.86. The summed E-state index contributed by atoms with van der Waals surface area (Å²) < 4.78 is 0. The zero-order valence-corrected chi connectivity index (χ0v) is 14.1. The third-order valence-corrected chi connectivity index (χ3v) is 5.03.